The maximum Gasteiger partial charge on any atom is 0.410 e. The molecule has 8 nitrogen and oxygen atoms in total. The van der Waals surface area contributed by atoms with E-state index in [9.17, 15) is 14.3 Å². The van der Waals surface area contributed by atoms with Gasteiger partial charge in [0.15, 0.2) is 5.82 Å². The van der Waals surface area contributed by atoms with Gasteiger partial charge in [-0.15, -0.1) is 0 Å². The fourth-order valence-corrected chi connectivity index (χ4v) is 4.18. The second-order valence-electron chi connectivity index (χ2n) is 8.21. The highest BCUT2D eigenvalue weighted by Crippen LogP contribution is 2.30. The van der Waals surface area contributed by atoms with E-state index in [1.165, 1.54) is 12.1 Å². The Labute approximate surface area is 190 Å². The van der Waals surface area contributed by atoms with Crippen molar-refractivity contribution in [1.82, 2.24) is 14.9 Å². The smallest absolute Gasteiger partial charge is 0.410 e. The van der Waals surface area contributed by atoms with Crippen LogP contribution in [0.4, 0.5) is 15.0 Å². The van der Waals surface area contributed by atoms with Gasteiger partial charge in [0.05, 0.1) is 24.3 Å². The number of carbonyl (C=O) groups is 1. The number of aliphatic hydroxyl groups excluding tert-OH is 1. The second kappa shape index (κ2) is 9.19. The lowest BCUT2D eigenvalue weighted by molar-refractivity contribution is 0.0534. The first-order valence-corrected chi connectivity index (χ1v) is 11.1. The molecule has 1 aliphatic carbocycles. The van der Waals surface area contributed by atoms with Crippen LogP contribution in [0.1, 0.15) is 18.7 Å². The van der Waals surface area contributed by atoms with Gasteiger partial charge < -0.3 is 24.4 Å². The molecule has 1 unspecified atom stereocenters. The van der Waals surface area contributed by atoms with Gasteiger partial charge in [0.25, 0.3) is 0 Å². The minimum absolute atomic E-state index is 0.107. The number of halogens is 1. The van der Waals surface area contributed by atoms with Crippen LogP contribution in [0, 0.1) is 5.82 Å². The summed E-state index contributed by atoms with van der Waals surface area (Å²) in [5, 5.41) is 11.1. The number of nitrogens with zero attached hydrogens (tertiary/aromatic N) is 4. The number of rotatable bonds is 3. The van der Waals surface area contributed by atoms with Crippen LogP contribution in [0.5, 0.6) is 0 Å². The lowest BCUT2D eigenvalue weighted by atomic mass is 10.1. The van der Waals surface area contributed by atoms with Crippen LogP contribution in [-0.2, 0) is 9.47 Å². The fourth-order valence-electron chi connectivity index (χ4n) is 4.18. The van der Waals surface area contributed by atoms with Gasteiger partial charge in [0.1, 0.15) is 23.5 Å². The van der Waals surface area contributed by atoms with Crippen molar-refractivity contribution in [2.75, 3.05) is 44.3 Å². The minimum atomic E-state index is -0.375. The van der Waals surface area contributed by atoms with E-state index in [0.717, 1.165) is 6.42 Å². The van der Waals surface area contributed by atoms with Crippen molar-refractivity contribution in [3.63, 3.8) is 0 Å². The summed E-state index contributed by atoms with van der Waals surface area (Å²) in [6.07, 6.45) is 8.07. The maximum atomic E-state index is 14.1. The largest absolute Gasteiger partial charge is 0.508 e. The molecular weight excluding hydrogens is 427 g/mol. The highest BCUT2D eigenvalue weighted by Gasteiger charge is 2.28. The zero-order valence-corrected chi connectivity index (χ0v) is 18.1. The van der Waals surface area contributed by atoms with Gasteiger partial charge in [-0.2, -0.15) is 0 Å². The van der Waals surface area contributed by atoms with E-state index in [1.807, 2.05) is 17.1 Å². The van der Waals surface area contributed by atoms with E-state index in [4.69, 9.17) is 14.5 Å². The van der Waals surface area contributed by atoms with Gasteiger partial charge in [-0.3, -0.25) is 0 Å². The summed E-state index contributed by atoms with van der Waals surface area (Å²) in [6, 6.07) is 4.40. The molecule has 0 bridgehead atoms. The van der Waals surface area contributed by atoms with E-state index in [-0.39, 0.29) is 23.8 Å². The van der Waals surface area contributed by atoms with Crippen molar-refractivity contribution in [2.24, 2.45) is 0 Å². The highest BCUT2D eigenvalue weighted by atomic mass is 19.1. The maximum absolute atomic E-state index is 14.1. The predicted octanol–water partition coefficient (Wildman–Crippen LogP) is 3.60. The van der Waals surface area contributed by atoms with Crippen LogP contribution in [0.3, 0.4) is 0 Å². The number of allylic oxidation sites excluding steroid dienone is 5. The first-order valence-electron chi connectivity index (χ1n) is 11.1. The summed E-state index contributed by atoms with van der Waals surface area (Å²) in [4.78, 5) is 25.5. The van der Waals surface area contributed by atoms with Gasteiger partial charge in [0, 0.05) is 38.0 Å². The molecule has 2 saturated heterocycles. The Balaban J connectivity index is 1.41. The quantitative estimate of drug-likeness (QED) is 0.761. The lowest BCUT2D eigenvalue weighted by Crippen LogP contribution is -2.49. The normalized spacial score (nSPS) is 21.1. The number of anilines is 1. The number of aromatic nitrogens is 2. The Morgan fingerprint density at radius 1 is 1.21 bits per heavy atom. The van der Waals surface area contributed by atoms with E-state index in [1.54, 1.807) is 23.1 Å². The molecule has 33 heavy (non-hydrogen) atoms. The number of hydrogen-bond donors (Lipinski definition) is 1. The molecule has 0 saturated carbocycles. The predicted molar refractivity (Wildman–Crippen MR) is 121 cm³/mol. The molecule has 3 heterocycles. The molecule has 2 aromatic rings. The third-order valence-electron chi connectivity index (χ3n) is 5.99. The standard InChI is InChI=1S/C24H25FN4O4/c25-16-6-7-20-19(14-16)23(27-22(26-20)18-4-2-1-3-5-21(18)30)28-9-11-29(12-10-28)24(31)33-17-8-13-32-15-17/h1-2,4-7,14,17,30H,3,8-13,15H2. The van der Waals surface area contributed by atoms with Gasteiger partial charge in [-0.1, -0.05) is 12.2 Å². The number of hydrogen-bond acceptors (Lipinski definition) is 7. The molecule has 1 amide bonds. The number of aliphatic hydroxyl groups is 1. The van der Waals surface area contributed by atoms with Crippen molar-refractivity contribution in [1.29, 1.82) is 0 Å². The molecule has 2 aliphatic heterocycles. The van der Waals surface area contributed by atoms with E-state index < -0.39 is 0 Å². The zero-order chi connectivity index (χ0) is 22.8. The molecule has 2 fully saturated rings. The minimum Gasteiger partial charge on any atom is -0.508 e. The van der Waals surface area contributed by atoms with E-state index >= 15 is 0 Å². The second-order valence-corrected chi connectivity index (χ2v) is 8.21. The van der Waals surface area contributed by atoms with Crippen molar-refractivity contribution in [3.05, 3.63) is 59.9 Å². The molecule has 172 valence electrons. The molecule has 0 spiro atoms. The average molecular weight is 452 g/mol. The van der Waals surface area contributed by atoms with Crippen LogP contribution in [0.15, 0.2) is 48.3 Å². The Hall–Kier alpha value is -3.46. The van der Waals surface area contributed by atoms with Crippen LogP contribution < -0.4 is 4.90 Å². The first kappa shape index (κ1) is 21.4. The van der Waals surface area contributed by atoms with Crippen molar-refractivity contribution < 1.29 is 23.8 Å². The summed E-state index contributed by atoms with van der Waals surface area (Å²) >= 11 is 0. The zero-order valence-electron chi connectivity index (χ0n) is 18.1. The average Bonchev–Trinajstić information content (AvgIpc) is 3.24. The summed E-state index contributed by atoms with van der Waals surface area (Å²) in [5.74, 6) is 0.678. The Morgan fingerprint density at radius 2 is 2.06 bits per heavy atom. The number of amides is 1. The topological polar surface area (TPSA) is 88.0 Å². The van der Waals surface area contributed by atoms with Gasteiger partial charge in [-0.05, 0) is 36.8 Å². The fraction of sp³-hybridized carbons (Fsp3) is 0.375. The summed E-state index contributed by atoms with van der Waals surface area (Å²) in [6.45, 7) is 3.00. The van der Waals surface area contributed by atoms with Crippen LogP contribution in [-0.4, -0.2) is 71.6 Å². The van der Waals surface area contributed by atoms with Crippen LogP contribution in [0.25, 0.3) is 16.5 Å². The van der Waals surface area contributed by atoms with Crippen molar-refractivity contribution in [3.8, 4) is 0 Å². The van der Waals surface area contributed by atoms with E-state index in [2.05, 4.69) is 4.98 Å². The number of benzene rings is 1. The van der Waals surface area contributed by atoms with Gasteiger partial charge in [-0.25, -0.2) is 19.2 Å². The molecule has 1 aromatic heterocycles. The van der Waals surface area contributed by atoms with Crippen LogP contribution in [0.2, 0.25) is 0 Å². The van der Waals surface area contributed by atoms with Crippen molar-refractivity contribution >= 4 is 28.4 Å². The van der Waals surface area contributed by atoms with Gasteiger partial charge in [0.2, 0.25) is 0 Å². The SMILES string of the molecule is O=C(OC1CCOC1)N1CCN(c2nc(C3=CC=CCC=C3O)nc3ccc(F)cc23)CC1. The summed E-state index contributed by atoms with van der Waals surface area (Å²) in [5.41, 5.74) is 1.10. The molecule has 3 aliphatic rings. The number of fused-ring (bicyclic) bond motifs is 1. The lowest BCUT2D eigenvalue weighted by Gasteiger charge is -2.35. The summed E-state index contributed by atoms with van der Waals surface area (Å²) < 4.78 is 24.9. The monoisotopic (exact) mass is 452 g/mol. The molecule has 1 aromatic carbocycles. The molecule has 1 atom stereocenters. The molecular formula is C24H25FN4O4. The Kier molecular flexibility index (Phi) is 5.95. The Bertz CT molecular complexity index is 1150. The van der Waals surface area contributed by atoms with Crippen LogP contribution >= 0.6 is 0 Å². The third-order valence-corrected chi connectivity index (χ3v) is 5.99. The molecule has 0 radical (unpaired) electrons. The molecule has 9 heteroatoms. The number of ether oxygens (including phenoxy) is 2. The third kappa shape index (κ3) is 4.54. The summed E-state index contributed by atoms with van der Waals surface area (Å²) in [7, 11) is 0. The number of piperazine rings is 1. The Morgan fingerprint density at radius 3 is 2.85 bits per heavy atom. The first-order chi connectivity index (χ1) is 16.1. The molecule has 5 rings (SSSR count). The number of carbonyl (C=O) groups excluding carboxylic acids is 1. The van der Waals surface area contributed by atoms with Gasteiger partial charge >= 0.3 is 6.09 Å². The highest BCUT2D eigenvalue weighted by molar-refractivity contribution is 5.91. The van der Waals surface area contributed by atoms with E-state index in [0.29, 0.717) is 73.9 Å². The molecule has 1 N–H and O–H groups in total. The van der Waals surface area contributed by atoms with Crippen molar-refractivity contribution in [2.45, 2.75) is 18.9 Å².